The number of nitrogens with one attached hydrogen (secondary N) is 1. The maximum absolute atomic E-state index is 12.9. The Morgan fingerprint density at radius 1 is 1.19 bits per heavy atom. The lowest BCUT2D eigenvalue weighted by Gasteiger charge is -2.18. The van der Waals surface area contributed by atoms with Gasteiger partial charge in [-0.3, -0.25) is 15.1 Å². The van der Waals surface area contributed by atoms with Crippen molar-refractivity contribution in [2.24, 2.45) is 0 Å². The number of aromatic nitrogens is 4. The summed E-state index contributed by atoms with van der Waals surface area (Å²) in [4.78, 5) is 12.9. The van der Waals surface area contributed by atoms with E-state index in [0.717, 1.165) is 28.1 Å². The van der Waals surface area contributed by atoms with Crippen molar-refractivity contribution < 1.29 is 9.53 Å². The van der Waals surface area contributed by atoms with Gasteiger partial charge < -0.3 is 15.2 Å². The van der Waals surface area contributed by atoms with Gasteiger partial charge in [-0.25, -0.2) is 0 Å². The number of tetrazole rings is 1. The minimum absolute atomic E-state index is 0.192. The predicted molar refractivity (Wildman–Crippen MR) is 97.1 cm³/mol. The molecule has 0 saturated heterocycles. The van der Waals surface area contributed by atoms with Gasteiger partial charge in [-0.1, -0.05) is 29.8 Å². The fourth-order valence-electron chi connectivity index (χ4n) is 2.76. The largest absolute Gasteiger partial charge is 0.497 e. The van der Waals surface area contributed by atoms with Gasteiger partial charge in [0.25, 0.3) is 0 Å². The fourth-order valence-corrected chi connectivity index (χ4v) is 2.76. The molecule has 0 saturated carbocycles. The van der Waals surface area contributed by atoms with Gasteiger partial charge in [-0.2, -0.15) is 5.21 Å². The van der Waals surface area contributed by atoms with Gasteiger partial charge in [0.05, 0.1) is 13.0 Å². The highest BCUT2D eigenvalue weighted by molar-refractivity contribution is 5.96. The monoisotopic (exact) mass is 350 g/mol. The Morgan fingerprint density at radius 2 is 1.96 bits per heavy atom. The number of nitrogens with zero attached hydrogens (tertiary/aromatic N) is 4. The van der Waals surface area contributed by atoms with Gasteiger partial charge in [0.1, 0.15) is 5.75 Å². The van der Waals surface area contributed by atoms with Gasteiger partial charge in [0.15, 0.2) is 0 Å². The number of ether oxygens (including phenoxy) is 1. The third-order valence-corrected chi connectivity index (χ3v) is 4.20. The van der Waals surface area contributed by atoms with Crippen LogP contribution in [0, 0.1) is 13.8 Å². The summed E-state index contributed by atoms with van der Waals surface area (Å²) in [5.41, 5.74) is 3.88. The highest BCUT2D eigenvalue weighted by atomic mass is 16.5. The average molecular weight is 350 g/mol. The second kappa shape index (κ2) is 7.77. The van der Waals surface area contributed by atoms with Crippen LogP contribution in [0.4, 0.5) is 5.69 Å². The molecule has 7 nitrogen and oxygen atoms in total. The van der Waals surface area contributed by atoms with E-state index in [4.69, 9.17) is 4.74 Å². The highest BCUT2D eigenvalue weighted by Gasteiger charge is 2.21. The molecule has 0 bridgehead atoms. The Balaban J connectivity index is 1.82. The van der Waals surface area contributed by atoms with Gasteiger partial charge in [-0.05, 0) is 49.6 Å². The molecule has 3 rings (SSSR count). The Labute approximate surface area is 151 Å². The highest BCUT2D eigenvalue weighted by Crippen LogP contribution is 2.23. The number of anilines is 1. The first-order valence-corrected chi connectivity index (χ1v) is 8.26. The molecule has 1 heterocycles. The van der Waals surface area contributed by atoms with Crippen molar-refractivity contribution in [2.45, 2.75) is 26.2 Å². The van der Waals surface area contributed by atoms with Crippen LogP contribution in [0.1, 0.15) is 28.4 Å². The van der Waals surface area contributed by atoms with E-state index in [0.29, 0.717) is 12.2 Å². The summed E-state index contributed by atoms with van der Waals surface area (Å²) in [6.45, 7) is 3.98. The van der Waals surface area contributed by atoms with Gasteiger partial charge in [0, 0.05) is 11.5 Å². The molecule has 0 fully saturated rings. The standard InChI is InChI=1S/C19H21N5O2/c1-12-4-9-17(13(2)10-12)20-19(25)16(18-21-23-24-22-18)11-14-5-7-15(26-3)8-6-14/h4-10,16H,11H2,1-3H3,(H2,20,21,22,23,24,25)/p-1/t16-/m0/s1. The Morgan fingerprint density at radius 3 is 2.58 bits per heavy atom. The first kappa shape index (κ1) is 17.6. The van der Waals surface area contributed by atoms with Crippen molar-refractivity contribution >= 4 is 11.6 Å². The SMILES string of the molecule is COc1ccc(C[C@H](C(=O)Nc2ccc(C)cc2C)c2nnn[n-]2)cc1. The van der Waals surface area contributed by atoms with Gasteiger partial charge >= 0.3 is 0 Å². The molecule has 26 heavy (non-hydrogen) atoms. The number of carbonyl (C=O) groups is 1. The van der Waals surface area contributed by atoms with E-state index in [9.17, 15) is 4.79 Å². The number of aryl methyl sites for hydroxylation is 2. The first-order chi connectivity index (χ1) is 12.6. The minimum atomic E-state index is -0.584. The number of amides is 1. The third kappa shape index (κ3) is 4.05. The van der Waals surface area contributed by atoms with Crippen LogP contribution in [0.5, 0.6) is 5.75 Å². The van der Waals surface area contributed by atoms with Crippen LogP contribution in [0.15, 0.2) is 42.5 Å². The van der Waals surface area contributed by atoms with Crippen LogP contribution in [0.25, 0.3) is 0 Å². The van der Waals surface area contributed by atoms with Crippen molar-refractivity contribution in [3.63, 3.8) is 0 Å². The van der Waals surface area contributed by atoms with E-state index in [1.807, 2.05) is 56.3 Å². The van der Waals surface area contributed by atoms with Crippen molar-refractivity contribution in [3.8, 4) is 5.75 Å². The molecule has 1 aromatic heterocycles. The second-order valence-corrected chi connectivity index (χ2v) is 6.15. The van der Waals surface area contributed by atoms with Crippen molar-refractivity contribution in [1.82, 2.24) is 20.6 Å². The number of rotatable bonds is 6. The van der Waals surface area contributed by atoms with E-state index in [1.54, 1.807) is 7.11 Å². The van der Waals surface area contributed by atoms with E-state index in [2.05, 4.69) is 25.9 Å². The lowest BCUT2D eigenvalue weighted by molar-refractivity contribution is -0.117. The first-order valence-electron chi connectivity index (χ1n) is 8.26. The number of carbonyl (C=O) groups excluding carboxylic acids is 1. The smallest absolute Gasteiger partial charge is 0.232 e. The molecule has 0 aliphatic heterocycles. The lowest BCUT2D eigenvalue weighted by Crippen LogP contribution is -2.25. The van der Waals surface area contributed by atoms with Crippen molar-refractivity contribution in [2.75, 3.05) is 12.4 Å². The van der Waals surface area contributed by atoms with Gasteiger partial charge in [0.2, 0.25) is 5.91 Å². The summed E-state index contributed by atoms with van der Waals surface area (Å²) in [7, 11) is 1.62. The molecule has 1 amide bonds. The Hall–Kier alpha value is -3.22. The van der Waals surface area contributed by atoms with E-state index in [-0.39, 0.29) is 5.91 Å². The molecule has 0 aliphatic rings. The molecular formula is C19H20N5O2-. The Bertz CT molecular complexity index is 875. The maximum atomic E-state index is 12.9. The van der Waals surface area contributed by atoms with Crippen molar-refractivity contribution in [1.29, 1.82) is 0 Å². The van der Waals surface area contributed by atoms with Gasteiger partial charge in [-0.15, -0.1) is 0 Å². The van der Waals surface area contributed by atoms with Crippen LogP contribution in [-0.2, 0) is 11.2 Å². The topological polar surface area (TPSA) is 91.1 Å². The van der Waals surface area contributed by atoms with Crippen molar-refractivity contribution in [3.05, 3.63) is 65.0 Å². The summed E-state index contributed by atoms with van der Waals surface area (Å²) < 4.78 is 5.17. The molecule has 2 aromatic carbocycles. The quantitative estimate of drug-likeness (QED) is 0.734. The number of hydrogen-bond acceptors (Lipinski definition) is 5. The van der Waals surface area contributed by atoms with Crippen LogP contribution in [-0.4, -0.2) is 28.5 Å². The molecule has 3 aromatic rings. The van der Waals surface area contributed by atoms with E-state index in [1.165, 1.54) is 0 Å². The number of benzene rings is 2. The fraction of sp³-hybridized carbons (Fsp3) is 0.263. The Kier molecular flexibility index (Phi) is 5.26. The number of hydrogen-bond donors (Lipinski definition) is 1. The number of methoxy groups -OCH3 is 1. The predicted octanol–water partition coefficient (Wildman–Crippen LogP) is 2.42. The molecule has 7 heteroatoms. The summed E-state index contributed by atoms with van der Waals surface area (Å²) in [6, 6.07) is 13.4. The average Bonchev–Trinajstić information content (AvgIpc) is 3.16. The normalized spacial score (nSPS) is 11.8. The zero-order valence-corrected chi connectivity index (χ0v) is 14.9. The molecule has 0 radical (unpaired) electrons. The van der Waals surface area contributed by atoms with Crippen LogP contribution in [0.2, 0.25) is 0 Å². The summed E-state index contributed by atoms with van der Waals surface area (Å²) >= 11 is 0. The zero-order valence-electron chi connectivity index (χ0n) is 14.9. The summed E-state index contributed by atoms with van der Waals surface area (Å²) in [5.74, 6) is 0.294. The summed E-state index contributed by atoms with van der Waals surface area (Å²) in [5, 5.41) is 17.8. The molecule has 1 atom stereocenters. The van der Waals surface area contributed by atoms with Crippen LogP contribution < -0.4 is 15.2 Å². The molecule has 1 N–H and O–H groups in total. The molecule has 0 spiro atoms. The molecule has 0 unspecified atom stereocenters. The summed E-state index contributed by atoms with van der Waals surface area (Å²) in [6.07, 6.45) is 0.439. The molecular weight excluding hydrogens is 330 g/mol. The lowest BCUT2D eigenvalue weighted by atomic mass is 9.97. The van der Waals surface area contributed by atoms with E-state index >= 15 is 0 Å². The third-order valence-electron chi connectivity index (χ3n) is 4.20. The van der Waals surface area contributed by atoms with Crippen LogP contribution >= 0.6 is 0 Å². The molecule has 0 aliphatic carbocycles. The second-order valence-electron chi connectivity index (χ2n) is 6.15. The minimum Gasteiger partial charge on any atom is -0.497 e. The molecule has 134 valence electrons. The van der Waals surface area contributed by atoms with Crippen LogP contribution in [0.3, 0.4) is 0 Å². The van der Waals surface area contributed by atoms with E-state index < -0.39 is 5.92 Å². The zero-order chi connectivity index (χ0) is 18.5. The maximum Gasteiger partial charge on any atom is 0.232 e.